The number of rotatable bonds is 6. The van der Waals surface area contributed by atoms with Crippen molar-refractivity contribution in [2.24, 2.45) is 0 Å². The molecule has 2 atom stereocenters. The first kappa shape index (κ1) is 13.3. The molecule has 0 radical (unpaired) electrons. The molecule has 2 aromatic rings. The summed E-state index contributed by atoms with van der Waals surface area (Å²) < 4.78 is 6.00. The van der Waals surface area contributed by atoms with Gasteiger partial charge >= 0.3 is 0 Å². The van der Waals surface area contributed by atoms with Gasteiger partial charge in [-0.15, -0.1) is 0 Å². The highest BCUT2D eigenvalue weighted by Crippen LogP contribution is 2.24. The third-order valence-electron chi connectivity index (χ3n) is 3.93. The van der Waals surface area contributed by atoms with Crippen molar-refractivity contribution in [3.8, 4) is 0 Å². The molecule has 20 heavy (non-hydrogen) atoms. The van der Waals surface area contributed by atoms with E-state index in [1.165, 1.54) is 24.0 Å². The summed E-state index contributed by atoms with van der Waals surface area (Å²) in [5, 5.41) is 3.60. The van der Waals surface area contributed by atoms with Gasteiger partial charge in [0.1, 0.15) is 0 Å². The maximum Gasteiger partial charge on any atom is 0.0733 e. The second kappa shape index (κ2) is 6.69. The molecule has 2 unspecified atom stereocenters. The molecule has 1 aliphatic rings. The Morgan fingerprint density at radius 2 is 1.50 bits per heavy atom. The molecule has 0 spiro atoms. The van der Waals surface area contributed by atoms with Gasteiger partial charge in [-0.2, -0.15) is 0 Å². The summed E-state index contributed by atoms with van der Waals surface area (Å²) in [6.07, 6.45) is 2.74. The van der Waals surface area contributed by atoms with Gasteiger partial charge in [0.25, 0.3) is 0 Å². The summed E-state index contributed by atoms with van der Waals surface area (Å²) in [6.45, 7) is 1.64. The Bertz CT molecular complexity index is 462. The fourth-order valence-electron chi connectivity index (χ4n) is 2.52. The maximum atomic E-state index is 6.00. The second-order valence-corrected chi connectivity index (χ2v) is 5.39. The van der Waals surface area contributed by atoms with Gasteiger partial charge in [-0.1, -0.05) is 60.7 Å². The van der Waals surface area contributed by atoms with Crippen molar-refractivity contribution < 1.29 is 4.74 Å². The van der Waals surface area contributed by atoms with Crippen LogP contribution in [0.1, 0.15) is 24.0 Å². The van der Waals surface area contributed by atoms with Crippen LogP contribution in [0.25, 0.3) is 0 Å². The molecular formula is C18H21NO. The van der Waals surface area contributed by atoms with Gasteiger partial charge in [-0.05, 0) is 24.0 Å². The van der Waals surface area contributed by atoms with E-state index < -0.39 is 0 Å². The zero-order valence-electron chi connectivity index (χ0n) is 11.7. The third kappa shape index (κ3) is 3.47. The van der Waals surface area contributed by atoms with E-state index in [9.17, 15) is 0 Å². The Labute approximate surface area is 120 Å². The molecule has 3 rings (SSSR count). The largest absolute Gasteiger partial charge is 0.372 e. The van der Waals surface area contributed by atoms with E-state index in [4.69, 9.17) is 4.74 Å². The molecule has 1 N–H and O–H groups in total. The van der Waals surface area contributed by atoms with Crippen LogP contribution in [0.4, 0.5) is 0 Å². The Morgan fingerprint density at radius 3 is 2.10 bits per heavy atom. The third-order valence-corrected chi connectivity index (χ3v) is 3.93. The summed E-state index contributed by atoms with van der Waals surface area (Å²) in [5.74, 6) is 0. The van der Waals surface area contributed by atoms with Gasteiger partial charge in [-0.3, -0.25) is 0 Å². The van der Waals surface area contributed by atoms with E-state index in [-0.39, 0.29) is 0 Å². The lowest BCUT2D eigenvalue weighted by atomic mass is 9.88. The number of ether oxygens (including phenoxy) is 1. The Kier molecular flexibility index (Phi) is 4.46. The molecule has 0 saturated heterocycles. The number of benzene rings is 2. The Balaban J connectivity index is 1.43. The fourth-order valence-corrected chi connectivity index (χ4v) is 2.52. The van der Waals surface area contributed by atoms with Gasteiger partial charge in [0.15, 0.2) is 0 Å². The number of hydrogen-bond acceptors (Lipinski definition) is 2. The highest BCUT2D eigenvalue weighted by Gasteiger charge is 2.30. The van der Waals surface area contributed by atoms with Crippen LogP contribution in [0.2, 0.25) is 0 Å². The minimum Gasteiger partial charge on any atom is -0.372 e. The molecule has 1 aliphatic carbocycles. The monoisotopic (exact) mass is 267 g/mol. The average molecular weight is 267 g/mol. The molecule has 2 nitrogen and oxygen atoms in total. The van der Waals surface area contributed by atoms with Crippen LogP contribution in [0.5, 0.6) is 0 Å². The first-order valence-corrected chi connectivity index (χ1v) is 7.34. The minimum absolute atomic E-state index is 0.360. The number of hydrogen-bond donors (Lipinski definition) is 1. The van der Waals surface area contributed by atoms with E-state index in [1.54, 1.807) is 0 Å². The summed E-state index contributed by atoms with van der Waals surface area (Å²) in [5.41, 5.74) is 2.59. The lowest BCUT2D eigenvalue weighted by molar-refractivity contribution is -0.0364. The van der Waals surface area contributed by atoms with Gasteiger partial charge < -0.3 is 10.1 Å². The fraction of sp³-hybridized carbons (Fsp3) is 0.333. The van der Waals surface area contributed by atoms with Crippen LogP contribution in [0.15, 0.2) is 60.7 Å². The standard InChI is InChI=1S/C18H21NO/c1-3-7-15(8-4-1)13-19-17-11-12-18(17)20-14-16-9-5-2-6-10-16/h1-10,17-19H,11-14H2. The summed E-state index contributed by atoms with van der Waals surface area (Å²) in [7, 11) is 0. The van der Waals surface area contributed by atoms with Crippen LogP contribution in [-0.2, 0) is 17.9 Å². The van der Waals surface area contributed by atoms with Crippen LogP contribution < -0.4 is 5.32 Å². The number of nitrogens with one attached hydrogen (secondary N) is 1. The molecular weight excluding hydrogens is 246 g/mol. The lowest BCUT2D eigenvalue weighted by Gasteiger charge is -2.37. The van der Waals surface area contributed by atoms with Crippen molar-refractivity contribution in [3.63, 3.8) is 0 Å². The molecule has 2 heteroatoms. The van der Waals surface area contributed by atoms with Gasteiger partial charge in [0.05, 0.1) is 12.7 Å². The molecule has 104 valence electrons. The van der Waals surface area contributed by atoms with E-state index in [1.807, 2.05) is 6.07 Å². The molecule has 1 saturated carbocycles. The second-order valence-electron chi connectivity index (χ2n) is 5.39. The molecule has 2 aromatic carbocycles. The summed E-state index contributed by atoms with van der Waals surface area (Å²) >= 11 is 0. The van der Waals surface area contributed by atoms with Crippen molar-refractivity contribution in [3.05, 3.63) is 71.8 Å². The van der Waals surface area contributed by atoms with Crippen LogP contribution in [0, 0.1) is 0 Å². The first-order valence-electron chi connectivity index (χ1n) is 7.34. The quantitative estimate of drug-likeness (QED) is 0.864. The topological polar surface area (TPSA) is 21.3 Å². The Morgan fingerprint density at radius 1 is 0.850 bits per heavy atom. The zero-order valence-corrected chi connectivity index (χ0v) is 11.7. The first-order chi connectivity index (χ1) is 9.92. The van der Waals surface area contributed by atoms with Crippen LogP contribution in [-0.4, -0.2) is 12.1 Å². The lowest BCUT2D eigenvalue weighted by Crippen LogP contribution is -2.48. The maximum absolute atomic E-state index is 6.00. The predicted molar refractivity (Wildman–Crippen MR) is 81.3 cm³/mol. The van der Waals surface area contributed by atoms with Crippen LogP contribution in [0.3, 0.4) is 0 Å². The minimum atomic E-state index is 0.360. The van der Waals surface area contributed by atoms with Crippen LogP contribution >= 0.6 is 0 Å². The SMILES string of the molecule is c1ccc(CNC2CCC2OCc2ccccc2)cc1. The van der Waals surface area contributed by atoms with Crippen molar-refractivity contribution in [2.75, 3.05) is 0 Å². The van der Waals surface area contributed by atoms with Gasteiger partial charge in [0.2, 0.25) is 0 Å². The molecule has 0 amide bonds. The van der Waals surface area contributed by atoms with E-state index >= 15 is 0 Å². The normalized spacial score (nSPS) is 21.4. The van der Waals surface area contributed by atoms with Gasteiger partial charge in [-0.25, -0.2) is 0 Å². The molecule has 1 fully saturated rings. The van der Waals surface area contributed by atoms with E-state index in [2.05, 4.69) is 59.9 Å². The van der Waals surface area contributed by atoms with Crippen molar-refractivity contribution >= 4 is 0 Å². The van der Waals surface area contributed by atoms with E-state index in [0.717, 1.165) is 13.2 Å². The highest BCUT2D eigenvalue weighted by molar-refractivity contribution is 5.15. The van der Waals surface area contributed by atoms with Crippen molar-refractivity contribution in [1.29, 1.82) is 0 Å². The average Bonchev–Trinajstić information content (AvgIpc) is 2.49. The van der Waals surface area contributed by atoms with Crippen molar-refractivity contribution in [2.45, 2.75) is 38.1 Å². The summed E-state index contributed by atoms with van der Waals surface area (Å²) in [6, 6.07) is 21.4. The molecule has 0 bridgehead atoms. The smallest absolute Gasteiger partial charge is 0.0733 e. The van der Waals surface area contributed by atoms with Crippen molar-refractivity contribution in [1.82, 2.24) is 5.32 Å². The molecule has 0 heterocycles. The summed E-state index contributed by atoms with van der Waals surface area (Å²) in [4.78, 5) is 0. The highest BCUT2D eigenvalue weighted by atomic mass is 16.5. The van der Waals surface area contributed by atoms with E-state index in [0.29, 0.717) is 12.1 Å². The molecule has 0 aromatic heterocycles. The van der Waals surface area contributed by atoms with Gasteiger partial charge in [0, 0.05) is 12.6 Å². The Hall–Kier alpha value is -1.64. The molecule has 0 aliphatic heterocycles. The zero-order chi connectivity index (χ0) is 13.6. The predicted octanol–water partition coefficient (Wildman–Crippen LogP) is 3.52.